The molecule has 1 aromatic heterocycles. The minimum atomic E-state index is 0.506. The Kier molecular flexibility index (Phi) is 2.69. The van der Waals surface area contributed by atoms with Crippen molar-refractivity contribution in [3.05, 3.63) is 17.8 Å². The molecule has 2 N–H and O–H groups in total. The van der Waals surface area contributed by atoms with Gasteiger partial charge >= 0.3 is 0 Å². The summed E-state index contributed by atoms with van der Waals surface area (Å²) in [6, 6.07) is 3.74. The molecule has 2 heterocycles. The fraction of sp³-hybridized carbons (Fsp3) is 0.500. The smallest absolute Gasteiger partial charge is 0.153 e. The normalized spacial score (nSPS) is 24.4. The van der Waals surface area contributed by atoms with Gasteiger partial charge in [-0.05, 0) is 17.9 Å². The van der Waals surface area contributed by atoms with Gasteiger partial charge in [-0.3, -0.25) is 0 Å². The Balaban J connectivity index is 2.32. The van der Waals surface area contributed by atoms with Crippen LogP contribution in [0.25, 0.3) is 0 Å². The number of anilines is 2. The first-order valence-corrected chi connectivity index (χ1v) is 5.53. The molecule has 0 saturated carbocycles. The van der Waals surface area contributed by atoms with Crippen LogP contribution in [-0.2, 0) is 0 Å². The van der Waals surface area contributed by atoms with Gasteiger partial charge in [0.15, 0.2) is 5.82 Å². The lowest BCUT2D eigenvalue weighted by Gasteiger charge is -2.19. The number of nitrogen functional groups attached to an aromatic ring is 1. The number of hydrogen-bond donors (Lipinski definition) is 1. The molecule has 1 aliphatic heterocycles. The zero-order chi connectivity index (χ0) is 11.7. The Labute approximate surface area is 95.7 Å². The molecule has 1 saturated heterocycles. The monoisotopic (exact) mass is 216 g/mol. The van der Waals surface area contributed by atoms with Gasteiger partial charge in [0.25, 0.3) is 0 Å². The minimum Gasteiger partial charge on any atom is -0.395 e. The van der Waals surface area contributed by atoms with Crippen molar-refractivity contribution in [2.75, 3.05) is 23.7 Å². The van der Waals surface area contributed by atoms with Gasteiger partial charge in [0, 0.05) is 19.3 Å². The predicted molar refractivity (Wildman–Crippen MR) is 63.9 cm³/mol. The van der Waals surface area contributed by atoms with E-state index in [2.05, 4.69) is 29.8 Å². The summed E-state index contributed by atoms with van der Waals surface area (Å²) in [6.07, 6.45) is 1.65. The Morgan fingerprint density at radius 2 is 2.06 bits per heavy atom. The predicted octanol–water partition coefficient (Wildman–Crippen LogP) is 1.63. The van der Waals surface area contributed by atoms with Crippen LogP contribution >= 0.6 is 0 Å². The van der Waals surface area contributed by atoms with Crippen molar-refractivity contribution >= 4 is 11.5 Å². The lowest BCUT2D eigenvalue weighted by molar-refractivity contribution is 0.494. The molecule has 4 heteroatoms. The van der Waals surface area contributed by atoms with E-state index in [0.717, 1.165) is 18.9 Å². The largest absolute Gasteiger partial charge is 0.395 e. The van der Waals surface area contributed by atoms with Crippen LogP contribution < -0.4 is 10.6 Å². The summed E-state index contributed by atoms with van der Waals surface area (Å²) >= 11 is 0. The lowest BCUT2D eigenvalue weighted by Crippen LogP contribution is -2.22. The molecule has 0 spiro atoms. The lowest BCUT2D eigenvalue weighted by atomic mass is 10.0. The molecular weight excluding hydrogens is 200 g/mol. The Morgan fingerprint density at radius 1 is 1.44 bits per heavy atom. The molecule has 84 valence electrons. The summed E-state index contributed by atoms with van der Waals surface area (Å²) in [6.45, 7) is 6.39. The SMILES string of the molecule is CC1CN(c2nccc(C#N)c2N)CC1C. The molecular formula is C12H16N4. The summed E-state index contributed by atoms with van der Waals surface area (Å²) in [7, 11) is 0. The highest BCUT2D eigenvalue weighted by Gasteiger charge is 2.28. The van der Waals surface area contributed by atoms with E-state index in [-0.39, 0.29) is 0 Å². The van der Waals surface area contributed by atoms with E-state index in [4.69, 9.17) is 11.0 Å². The van der Waals surface area contributed by atoms with Gasteiger partial charge in [-0.2, -0.15) is 5.26 Å². The molecule has 2 atom stereocenters. The van der Waals surface area contributed by atoms with Crippen LogP contribution in [0.15, 0.2) is 12.3 Å². The van der Waals surface area contributed by atoms with E-state index in [1.54, 1.807) is 12.3 Å². The summed E-state index contributed by atoms with van der Waals surface area (Å²) in [5.41, 5.74) is 6.96. The quantitative estimate of drug-likeness (QED) is 0.774. The molecule has 0 radical (unpaired) electrons. The van der Waals surface area contributed by atoms with E-state index in [1.165, 1.54) is 0 Å². The maximum Gasteiger partial charge on any atom is 0.153 e. The summed E-state index contributed by atoms with van der Waals surface area (Å²) in [4.78, 5) is 6.46. The molecule has 2 rings (SSSR count). The van der Waals surface area contributed by atoms with Gasteiger partial charge in [0.2, 0.25) is 0 Å². The molecule has 16 heavy (non-hydrogen) atoms. The molecule has 1 fully saturated rings. The summed E-state index contributed by atoms with van der Waals surface area (Å²) in [5.74, 6) is 2.05. The fourth-order valence-corrected chi connectivity index (χ4v) is 2.11. The van der Waals surface area contributed by atoms with Crippen molar-refractivity contribution in [2.24, 2.45) is 11.8 Å². The number of pyridine rings is 1. The van der Waals surface area contributed by atoms with Crippen molar-refractivity contribution in [2.45, 2.75) is 13.8 Å². The standard InChI is InChI=1S/C12H16N4/c1-8-6-16(7-9(8)2)12-11(14)10(5-13)3-4-15-12/h3-4,8-9H,6-7,14H2,1-2H3. The summed E-state index contributed by atoms with van der Waals surface area (Å²) in [5, 5.41) is 8.91. The first kappa shape index (κ1) is 10.7. The number of hydrogen-bond acceptors (Lipinski definition) is 4. The van der Waals surface area contributed by atoms with Crippen LogP contribution in [0.4, 0.5) is 11.5 Å². The highest BCUT2D eigenvalue weighted by Crippen LogP contribution is 2.30. The van der Waals surface area contributed by atoms with Crippen molar-refractivity contribution in [3.63, 3.8) is 0 Å². The Morgan fingerprint density at radius 3 is 2.62 bits per heavy atom. The van der Waals surface area contributed by atoms with Gasteiger partial charge in [0.1, 0.15) is 6.07 Å². The third-order valence-electron chi connectivity index (χ3n) is 3.38. The number of nitriles is 1. The zero-order valence-electron chi connectivity index (χ0n) is 9.64. The van der Waals surface area contributed by atoms with Gasteiger partial charge in [0.05, 0.1) is 11.3 Å². The maximum absolute atomic E-state index is 8.91. The second kappa shape index (κ2) is 4.01. The van der Waals surface area contributed by atoms with Crippen LogP contribution in [0, 0.1) is 23.2 Å². The molecule has 0 aliphatic carbocycles. The van der Waals surface area contributed by atoms with E-state index in [0.29, 0.717) is 23.1 Å². The molecule has 0 aromatic carbocycles. The maximum atomic E-state index is 8.91. The molecule has 0 amide bonds. The van der Waals surface area contributed by atoms with E-state index in [1.807, 2.05) is 0 Å². The van der Waals surface area contributed by atoms with Crippen LogP contribution in [0.1, 0.15) is 19.4 Å². The van der Waals surface area contributed by atoms with Gasteiger partial charge in [-0.25, -0.2) is 4.98 Å². The van der Waals surface area contributed by atoms with Crippen molar-refractivity contribution in [1.29, 1.82) is 5.26 Å². The average molecular weight is 216 g/mol. The number of rotatable bonds is 1. The minimum absolute atomic E-state index is 0.506. The Bertz CT molecular complexity index is 425. The third kappa shape index (κ3) is 1.69. The zero-order valence-corrected chi connectivity index (χ0v) is 9.64. The van der Waals surface area contributed by atoms with E-state index in [9.17, 15) is 0 Å². The highest BCUT2D eigenvalue weighted by atomic mass is 15.2. The van der Waals surface area contributed by atoms with Crippen molar-refractivity contribution in [3.8, 4) is 6.07 Å². The highest BCUT2D eigenvalue weighted by molar-refractivity contribution is 5.70. The average Bonchev–Trinajstić information content (AvgIpc) is 2.59. The van der Waals surface area contributed by atoms with Crippen LogP contribution in [0.3, 0.4) is 0 Å². The molecule has 0 bridgehead atoms. The van der Waals surface area contributed by atoms with E-state index < -0.39 is 0 Å². The second-order valence-corrected chi connectivity index (χ2v) is 4.57. The Hall–Kier alpha value is -1.76. The summed E-state index contributed by atoms with van der Waals surface area (Å²) < 4.78 is 0. The number of nitrogens with two attached hydrogens (primary N) is 1. The van der Waals surface area contributed by atoms with Crippen molar-refractivity contribution < 1.29 is 0 Å². The van der Waals surface area contributed by atoms with Crippen LogP contribution in [0.2, 0.25) is 0 Å². The second-order valence-electron chi connectivity index (χ2n) is 4.57. The number of aromatic nitrogens is 1. The molecule has 1 aliphatic rings. The topological polar surface area (TPSA) is 65.9 Å². The first-order chi connectivity index (χ1) is 7.63. The fourth-order valence-electron chi connectivity index (χ4n) is 2.11. The van der Waals surface area contributed by atoms with Gasteiger partial charge in [-0.15, -0.1) is 0 Å². The first-order valence-electron chi connectivity index (χ1n) is 5.53. The van der Waals surface area contributed by atoms with Gasteiger partial charge < -0.3 is 10.6 Å². The number of nitrogens with zero attached hydrogens (tertiary/aromatic N) is 3. The van der Waals surface area contributed by atoms with Crippen molar-refractivity contribution in [1.82, 2.24) is 4.98 Å². The molecule has 1 aromatic rings. The van der Waals surface area contributed by atoms with E-state index >= 15 is 0 Å². The van der Waals surface area contributed by atoms with Crippen LogP contribution in [0.5, 0.6) is 0 Å². The van der Waals surface area contributed by atoms with Crippen LogP contribution in [-0.4, -0.2) is 18.1 Å². The molecule has 4 nitrogen and oxygen atoms in total. The third-order valence-corrected chi connectivity index (χ3v) is 3.38. The molecule has 2 unspecified atom stereocenters. The van der Waals surface area contributed by atoms with Gasteiger partial charge in [-0.1, -0.05) is 13.8 Å².